The fourth-order valence-electron chi connectivity index (χ4n) is 2.37. The first kappa shape index (κ1) is 12.8. The largest absolute Gasteiger partial charge is 0.375 e. The van der Waals surface area contributed by atoms with Gasteiger partial charge in [0, 0.05) is 19.6 Å². The average Bonchev–Trinajstić information content (AvgIpc) is 2.39. The highest BCUT2D eigenvalue weighted by atomic mass is 16.5. The van der Waals surface area contributed by atoms with Crippen LogP contribution in [0.4, 0.5) is 0 Å². The van der Waals surface area contributed by atoms with Crippen LogP contribution in [0.25, 0.3) is 0 Å². The van der Waals surface area contributed by atoms with Gasteiger partial charge in [0.1, 0.15) is 0 Å². The Morgan fingerprint density at radius 3 is 2.76 bits per heavy atom. The van der Waals surface area contributed by atoms with E-state index in [0.717, 1.165) is 32.7 Å². The first-order valence-electron chi connectivity index (χ1n) is 6.64. The van der Waals surface area contributed by atoms with Gasteiger partial charge in [-0.05, 0) is 31.8 Å². The number of amides is 1. The topological polar surface area (TPSA) is 62.4 Å². The van der Waals surface area contributed by atoms with Crippen LogP contribution in [0.2, 0.25) is 0 Å². The zero-order chi connectivity index (χ0) is 11.9. The van der Waals surface area contributed by atoms with E-state index in [1.807, 2.05) is 0 Å². The average molecular weight is 241 g/mol. The van der Waals surface area contributed by atoms with E-state index in [9.17, 15) is 4.79 Å². The highest BCUT2D eigenvalue weighted by molar-refractivity contribution is 5.76. The molecule has 5 heteroatoms. The zero-order valence-corrected chi connectivity index (χ0v) is 10.3. The van der Waals surface area contributed by atoms with Gasteiger partial charge in [-0.2, -0.15) is 0 Å². The molecular weight excluding hydrogens is 218 g/mol. The van der Waals surface area contributed by atoms with Crippen molar-refractivity contribution in [1.82, 2.24) is 16.0 Å². The third-order valence-electron chi connectivity index (χ3n) is 3.46. The lowest BCUT2D eigenvalue weighted by atomic mass is 9.98. The molecule has 2 saturated heterocycles. The minimum Gasteiger partial charge on any atom is -0.375 e. The Morgan fingerprint density at radius 1 is 1.24 bits per heavy atom. The molecule has 1 atom stereocenters. The molecule has 0 saturated carbocycles. The quantitative estimate of drug-likeness (QED) is 0.620. The summed E-state index contributed by atoms with van der Waals surface area (Å²) in [7, 11) is 0. The van der Waals surface area contributed by atoms with Gasteiger partial charge in [0.2, 0.25) is 5.91 Å². The van der Waals surface area contributed by atoms with Crippen LogP contribution in [0, 0.1) is 5.92 Å². The molecule has 0 bridgehead atoms. The third-order valence-corrected chi connectivity index (χ3v) is 3.46. The predicted molar refractivity (Wildman–Crippen MR) is 65.8 cm³/mol. The van der Waals surface area contributed by atoms with Crippen molar-refractivity contribution in [1.29, 1.82) is 0 Å². The van der Waals surface area contributed by atoms with Crippen LogP contribution in [0.5, 0.6) is 0 Å². The highest BCUT2D eigenvalue weighted by Crippen LogP contribution is 2.10. The normalized spacial score (nSPS) is 26.7. The van der Waals surface area contributed by atoms with E-state index in [2.05, 4.69) is 16.0 Å². The molecule has 2 fully saturated rings. The maximum atomic E-state index is 11.7. The van der Waals surface area contributed by atoms with Gasteiger partial charge in [0.05, 0.1) is 19.1 Å². The van der Waals surface area contributed by atoms with Crippen molar-refractivity contribution in [2.45, 2.75) is 25.4 Å². The predicted octanol–water partition coefficient (Wildman–Crippen LogP) is -0.519. The molecule has 5 nitrogen and oxygen atoms in total. The first-order chi connectivity index (χ1) is 8.34. The minimum absolute atomic E-state index is 0.0526. The molecule has 1 unspecified atom stereocenters. The van der Waals surface area contributed by atoms with Crippen molar-refractivity contribution >= 4 is 5.91 Å². The summed E-state index contributed by atoms with van der Waals surface area (Å²) in [5.74, 6) is 0.767. The van der Waals surface area contributed by atoms with E-state index in [-0.39, 0.29) is 12.0 Å². The molecule has 98 valence electrons. The van der Waals surface area contributed by atoms with Gasteiger partial charge < -0.3 is 20.7 Å². The lowest BCUT2D eigenvalue weighted by Gasteiger charge is -2.25. The van der Waals surface area contributed by atoms with E-state index < -0.39 is 0 Å². The summed E-state index contributed by atoms with van der Waals surface area (Å²) in [5.41, 5.74) is 0. The Bertz CT molecular complexity index is 236. The van der Waals surface area contributed by atoms with Gasteiger partial charge in [-0.25, -0.2) is 0 Å². The second kappa shape index (κ2) is 6.93. The fraction of sp³-hybridized carbons (Fsp3) is 0.917. The fourth-order valence-corrected chi connectivity index (χ4v) is 2.37. The molecular formula is C12H23N3O2. The summed E-state index contributed by atoms with van der Waals surface area (Å²) in [6.07, 6.45) is 2.87. The second-order valence-electron chi connectivity index (χ2n) is 4.90. The maximum Gasteiger partial charge on any atom is 0.222 e. The number of rotatable bonds is 4. The third kappa shape index (κ3) is 4.61. The minimum atomic E-state index is 0.0526. The summed E-state index contributed by atoms with van der Waals surface area (Å²) in [6.45, 7) is 5.38. The molecule has 2 aliphatic rings. The first-order valence-corrected chi connectivity index (χ1v) is 6.64. The van der Waals surface area contributed by atoms with E-state index >= 15 is 0 Å². The summed E-state index contributed by atoms with van der Waals surface area (Å²) in [5, 5.41) is 9.58. The Balaban J connectivity index is 1.59. The smallest absolute Gasteiger partial charge is 0.222 e. The Kier molecular flexibility index (Phi) is 5.22. The molecule has 17 heavy (non-hydrogen) atoms. The molecule has 0 aromatic rings. The molecule has 3 N–H and O–H groups in total. The molecule has 2 heterocycles. The number of nitrogens with one attached hydrogen (secondary N) is 3. The summed E-state index contributed by atoms with van der Waals surface area (Å²) in [6, 6.07) is 0. The standard InChI is InChI=1S/C12H23N3O2/c16-12(7-11-9-14-5-6-17-11)15-8-10-1-3-13-4-2-10/h10-11,13-14H,1-9H2,(H,15,16). The lowest BCUT2D eigenvalue weighted by molar-refractivity contribution is -0.124. The number of carbonyl (C=O) groups excluding carboxylic acids is 1. The number of ether oxygens (including phenoxy) is 1. The molecule has 2 rings (SSSR count). The van der Waals surface area contributed by atoms with Crippen LogP contribution >= 0.6 is 0 Å². The molecule has 2 aliphatic heterocycles. The molecule has 0 aromatic heterocycles. The Hall–Kier alpha value is -0.650. The Morgan fingerprint density at radius 2 is 2.06 bits per heavy atom. The maximum absolute atomic E-state index is 11.7. The van der Waals surface area contributed by atoms with Gasteiger partial charge in [-0.15, -0.1) is 0 Å². The number of carbonyl (C=O) groups is 1. The lowest BCUT2D eigenvalue weighted by Crippen LogP contribution is -2.42. The van der Waals surface area contributed by atoms with Crippen LogP contribution in [0.1, 0.15) is 19.3 Å². The van der Waals surface area contributed by atoms with Gasteiger partial charge >= 0.3 is 0 Å². The van der Waals surface area contributed by atoms with Crippen molar-refractivity contribution in [3.05, 3.63) is 0 Å². The van der Waals surface area contributed by atoms with Crippen LogP contribution < -0.4 is 16.0 Å². The summed E-state index contributed by atoms with van der Waals surface area (Å²) in [4.78, 5) is 11.7. The number of hydrogen-bond acceptors (Lipinski definition) is 4. The van der Waals surface area contributed by atoms with E-state index in [0.29, 0.717) is 18.9 Å². The summed E-state index contributed by atoms with van der Waals surface area (Å²) < 4.78 is 5.51. The molecule has 1 amide bonds. The molecule has 0 aliphatic carbocycles. The van der Waals surface area contributed by atoms with Crippen molar-refractivity contribution in [2.75, 3.05) is 39.3 Å². The molecule has 0 aromatic carbocycles. The van der Waals surface area contributed by atoms with E-state index in [1.165, 1.54) is 12.8 Å². The number of hydrogen-bond donors (Lipinski definition) is 3. The van der Waals surface area contributed by atoms with Crippen molar-refractivity contribution in [2.24, 2.45) is 5.92 Å². The Labute approximate surface area is 103 Å². The molecule has 0 spiro atoms. The SMILES string of the molecule is O=C(CC1CNCCO1)NCC1CCNCC1. The number of piperidine rings is 1. The van der Waals surface area contributed by atoms with Gasteiger partial charge in [-0.1, -0.05) is 0 Å². The van der Waals surface area contributed by atoms with Gasteiger partial charge in [-0.3, -0.25) is 4.79 Å². The van der Waals surface area contributed by atoms with Crippen LogP contribution in [-0.4, -0.2) is 51.3 Å². The van der Waals surface area contributed by atoms with E-state index in [4.69, 9.17) is 4.74 Å². The summed E-state index contributed by atoms with van der Waals surface area (Å²) >= 11 is 0. The zero-order valence-electron chi connectivity index (χ0n) is 10.3. The van der Waals surface area contributed by atoms with Crippen LogP contribution in [0.15, 0.2) is 0 Å². The van der Waals surface area contributed by atoms with Crippen LogP contribution in [-0.2, 0) is 9.53 Å². The second-order valence-corrected chi connectivity index (χ2v) is 4.90. The highest BCUT2D eigenvalue weighted by Gasteiger charge is 2.18. The monoisotopic (exact) mass is 241 g/mol. The van der Waals surface area contributed by atoms with Gasteiger partial charge in [0.15, 0.2) is 0 Å². The van der Waals surface area contributed by atoms with Crippen molar-refractivity contribution < 1.29 is 9.53 Å². The molecule has 0 radical (unpaired) electrons. The van der Waals surface area contributed by atoms with Crippen molar-refractivity contribution in [3.8, 4) is 0 Å². The van der Waals surface area contributed by atoms with Crippen molar-refractivity contribution in [3.63, 3.8) is 0 Å². The van der Waals surface area contributed by atoms with E-state index in [1.54, 1.807) is 0 Å². The van der Waals surface area contributed by atoms with Gasteiger partial charge in [0.25, 0.3) is 0 Å². The number of morpholine rings is 1. The van der Waals surface area contributed by atoms with Crippen LogP contribution in [0.3, 0.4) is 0 Å².